The van der Waals surface area contributed by atoms with Gasteiger partial charge in [0.05, 0.1) is 0 Å². The first-order chi connectivity index (χ1) is 10.1. The van der Waals surface area contributed by atoms with Crippen LogP contribution in [-0.2, 0) is 6.42 Å². The largest absolute Gasteiger partial charge is 0.357 e. The zero-order valence-electron chi connectivity index (χ0n) is 13.3. The number of nitrogens with one attached hydrogen (secondary N) is 2. The average molecular weight is 311 g/mol. The van der Waals surface area contributed by atoms with Crippen molar-refractivity contribution in [3.8, 4) is 0 Å². The molecular weight excluding hydrogens is 284 g/mol. The Morgan fingerprint density at radius 3 is 2.76 bits per heavy atom. The first kappa shape index (κ1) is 17.8. The minimum Gasteiger partial charge on any atom is -0.357 e. The van der Waals surface area contributed by atoms with Gasteiger partial charge in [-0.2, -0.15) is 0 Å². The number of aromatic nitrogens is 1. The molecule has 1 aromatic rings. The van der Waals surface area contributed by atoms with Crippen molar-refractivity contribution < 1.29 is 0 Å². The van der Waals surface area contributed by atoms with Crippen LogP contribution in [0.25, 0.3) is 0 Å². The molecule has 0 aliphatic carbocycles. The molecule has 0 unspecified atom stereocenters. The van der Waals surface area contributed by atoms with Crippen molar-refractivity contribution in [3.05, 3.63) is 29.0 Å². The van der Waals surface area contributed by atoms with E-state index in [2.05, 4.69) is 41.4 Å². The highest BCUT2D eigenvalue weighted by Crippen LogP contribution is 2.05. The Bertz CT molecular complexity index is 415. The SMILES string of the molecule is CCNC(=NCCCC(C)C)NCCc1ccc(Cl)nc1. The Balaban J connectivity index is 2.32. The number of hydrogen-bond donors (Lipinski definition) is 2. The van der Waals surface area contributed by atoms with Crippen LogP contribution in [0.5, 0.6) is 0 Å². The van der Waals surface area contributed by atoms with E-state index < -0.39 is 0 Å². The van der Waals surface area contributed by atoms with Crippen molar-refractivity contribution in [1.82, 2.24) is 15.6 Å². The number of aliphatic imine (C=N–C) groups is 1. The number of rotatable bonds is 8. The summed E-state index contributed by atoms with van der Waals surface area (Å²) in [6, 6.07) is 3.83. The Labute approximate surface area is 133 Å². The summed E-state index contributed by atoms with van der Waals surface area (Å²) in [7, 11) is 0. The quantitative estimate of drug-likeness (QED) is 0.335. The summed E-state index contributed by atoms with van der Waals surface area (Å²) >= 11 is 5.77. The molecule has 0 saturated heterocycles. The smallest absolute Gasteiger partial charge is 0.191 e. The normalized spacial score (nSPS) is 11.8. The molecule has 1 heterocycles. The predicted molar refractivity (Wildman–Crippen MR) is 91.0 cm³/mol. The maximum Gasteiger partial charge on any atom is 0.191 e. The number of hydrogen-bond acceptors (Lipinski definition) is 2. The van der Waals surface area contributed by atoms with Crippen LogP contribution in [0.4, 0.5) is 0 Å². The van der Waals surface area contributed by atoms with Crippen molar-refractivity contribution in [1.29, 1.82) is 0 Å². The van der Waals surface area contributed by atoms with E-state index in [1.54, 1.807) is 0 Å². The van der Waals surface area contributed by atoms with E-state index in [1.807, 2.05) is 18.3 Å². The van der Waals surface area contributed by atoms with E-state index in [0.717, 1.165) is 44.4 Å². The lowest BCUT2D eigenvalue weighted by molar-refractivity contribution is 0.560. The summed E-state index contributed by atoms with van der Waals surface area (Å²) in [5.41, 5.74) is 1.17. The highest BCUT2D eigenvalue weighted by atomic mass is 35.5. The molecule has 1 rings (SSSR count). The summed E-state index contributed by atoms with van der Waals surface area (Å²) < 4.78 is 0. The van der Waals surface area contributed by atoms with Gasteiger partial charge in [0.1, 0.15) is 5.15 Å². The summed E-state index contributed by atoms with van der Waals surface area (Å²) in [5.74, 6) is 1.64. The van der Waals surface area contributed by atoms with Gasteiger partial charge in [0, 0.05) is 25.8 Å². The van der Waals surface area contributed by atoms with Crippen LogP contribution in [-0.4, -0.2) is 30.6 Å². The van der Waals surface area contributed by atoms with Crippen LogP contribution in [0.2, 0.25) is 5.15 Å². The topological polar surface area (TPSA) is 49.3 Å². The Morgan fingerprint density at radius 1 is 1.33 bits per heavy atom. The van der Waals surface area contributed by atoms with Gasteiger partial charge in [-0.05, 0) is 43.7 Å². The maximum absolute atomic E-state index is 5.77. The van der Waals surface area contributed by atoms with Gasteiger partial charge in [0.25, 0.3) is 0 Å². The molecule has 1 aromatic heterocycles. The van der Waals surface area contributed by atoms with E-state index in [0.29, 0.717) is 5.15 Å². The molecule has 0 aliphatic heterocycles. The van der Waals surface area contributed by atoms with Gasteiger partial charge >= 0.3 is 0 Å². The monoisotopic (exact) mass is 310 g/mol. The molecule has 118 valence electrons. The lowest BCUT2D eigenvalue weighted by Crippen LogP contribution is -2.38. The van der Waals surface area contributed by atoms with E-state index in [-0.39, 0.29) is 0 Å². The number of pyridine rings is 1. The number of nitrogens with zero attached hydrogens (tertiary/aromatic N) is 2. The Hall–Kier alpha value is -1.29. The molecule has 0 aromatic carbocycles. The van der Waals surface area contributed by atoms with Crippen LogP contribution in [0, 0.1) is 5.92 Å². The van der Waals surface area contributed by atoms with Crippen LogP contribution in [0.3, 0.4) is 0 Å². The van der Waals surface area contributed by atoms with E-state index in [4.69, 9.17) is 11.6 Å². The van der Waals surface area contributed by atoms with E-state index in [1.165, 1.54) is 12.0 Å². The molecule has 0 bridgehead atoms. The zero-order valence-corrected chi connectivity index (χ0v) is 14.1. The minimum absolute atomic E-state index is 0.534. The average Bonchev–Trinajstić information content (AvgIpc) is 2.45. The summed E-state index contributed by atoms with van der Waals surface area (Å²) in [6.07, 6.45) is 5.08. The molecule has 0 atom stereocenters. The second-order valence-electron chi connectivity index (χ2n) is 5.46. The van der Waals surface area contributed by atoms with Crippen LogP contribution >= 0.6 is 11.6 Å². The van der Waals surface area contributed by atoms with E-state index in [9.17, 15) is 0 Å². The highest BCUT2D eigenvalue weighted by Gasteiger charge is 1.99. The van der Waals surface area contributed by atoms with Crippen molar-refractivity contribution in [3.63, 3.8) is 0 Å². The molecule has 4 nitrogen and oxygen atoms in total. The van der Waals surface area contributed by atoms with Gasteiger partial charge in [0.2, 0.25) is 0 Å². The molecule has 0 fully saturated rings. The standard InChI is InChI=1S/C16H27ClN4/c1-4-18-16(19-10-5-6-13(2)3)20-11-9-14-7-8-15(17)21-12-14/h7-8,12-13H,4-6,9-11H2,1-3H3,(H2,18,19,20). The summed E-state index contributed by atoms with van der Waals surface area (Å²) in [4.78, 5) is 8.67. The van der Waals surface area contributed by atoms with Gasteiger partial charge in [-0.1, -0.05) is 31.5 Å². The zero-order chi connectivity index (χ0) is 15.5. The van der Waals surface area contributed by atoms with Crippen LogP contribution in [0.1, 0.15) is 39.2 Å². The third-order valence-electron chi connectivity index (χ3n) is 3.05. The molecule has 0 amide bonds. The molecule has 5 heteroatoms. The maximum atomic E-state index is 5.77. The number of halogens is 1. The van der Waals surface area contributed by atoms with Gasteiger partial charge in [-0.3, -0.25) is 4.99 Å². The molecule has 0 spiro atoms. The molecule has 0 aliphatic rings. The van der Waals surface area contributed by atoms with Gasteiger partial charge in [-0.15, -0.1) is 0 Å². The van der Waals surface area contributed by atoms with Crippen molar-refractivity contribution in [2.45, 2.75) is 40.0 Å². The first-order valence-electron chi connectivity index (χ1n) is 7.74. The van der Waals surface area contributed by atoms with Crippen molar-refractivity contribution >= 4 is 17.6 Å². The fraction of sp³-hybridized carbons (Fsp3) is 0.625. The highest BCUT2D eigenvalue weighted by molar-refractivity contribution is 6.29. The predicted octanol–water partition coefficient (Wildman–Crippen LogP) is 3.27. The number of guanidine groups is 1. The fourth-order valence-corrected chi connectivity index (χ4v) is 2.02. The van der Waals surface area contributed by atoms with Crippen molar-refractivity contribution in [2.24, 2.45) is 10.9 Å². The Morgan fingerprint density at radius 2 is 2.14 bits per heavy atom. The first-order valence-corrected chi connectivity index (χ1v) is 8.12. The van der Waals surface area contributed by atoms with Crippen LogP contribution < -0.4 is 10.6 Å². The Kier molecular flexibility index (Phi) is 8.83. The lowest BCUT2D eigenvalue weighted by Gasteiger charge is -2.11. The van der Waals surface area contributed by atoms with Crippen LogP contribution in [0.15, 0.2) is 23.3 Å². The second kappa shape index (κ2) is 10.4. The molecule has 21 heavy (non-hydrogen) atoms. The molecular formula is C16H27ClN4. The third-order valence-corrected chi connectivity index (χ3v) is 3.27. The van der Waals surface area contributed by atoms with Gasteiger partial charge in [0.15, 0.2) is 5.96 Å². The van der Waals surface area contributed by atoms with Gasteiger partial charge < -0.3 is 10.6 Å². The molecule has 0 saturated carbocycles. The second-order valence-corrected chi connectivity index (χ2v) is 5.85. The van der Waals surface area contributed by atoms with E-state index >= 15 is 0 Å². The minimum atomic E-state index is 0.534. The summed E-state index contributed by atoms with van der Waals surface area (Å²) in [5, 5.41) is 7.15. The lowest BCUT2D eigenvalue weighted by atomic mass is 10.1. The van der Waals surface area contributed by atoms with Crippen molar-refractivity contribution in [2.75, 3.05) is 19.6 Å². The van der Waals surface area contributed by atoms with Gasteiger partial charge in [-0.25, -0.2) is 4.98 Å². The third kappa shape index (κ3) is 8.56. The fourth-order valence-electron chi connectivity index (χ4n) is 1.91. The summed E-state index contributed by atoms with van der Waals surface area (Å²) in [6.45, 7) is 9.14. The molecule has 0 radical (unpaired) electrons. The molecule has 2 N–H and O–H groups in total.